The summed E-state index contributed by atoms with van der Waals surface area (Å²) in [6, 6.07) is 26.0. The molecule has 2 fully saturated rings. The van der Waals surface area contributed by atoms with Crippen molar-refractivity contribution in [2.24, 2.45) is 23.7 Å². The predicted molar refractivity (Wildman–Crippen MR) is 383 cm³/mol. The highest BCUT2D eigenvalue weighted by Gasteiger charge is 2.24. The molecule has 0 atom stereocenters. The zero-order chi connectivity index (χ0) is 53.8. The first kappa shape index (κ1) is 94.1. The van der Waals surface area contributed by atoms with E-state index in [1.807, 2.05) is 0 Å². The van der Waals surface area contributed by atoms with Crippen molar-refractivity contribution in [1.29, 1.82) is 0 Å². The van der Waals surface area contributed by atoms with Gasteiger partial charge in [0.1, 0.15) is 0 Å². The van der Waals surface area contributed by atoms with Gasteiger partial charge in [-0.1, -0.05) is 440 Å². The zero-order valence-corrected chi connectivity index (χ0v) is 51.8. The lowest BCUT2D eigenvalue weighted by Crippen LogP contribution is -2.19. The molecular weight excluding hydrogens is 961 g/mol. The van der Waals surface area contributed by atoms with Crippen LogP contribution in [-0.2, 0) is 6.42 Å². The van der Waals surface area contributed by atoms with E-state index in [0.717, 1.165) is 30.1 Å². The van der Waals surface area contributed by atoms with E-state index in [1.165, 1.54) is 271 Å². The second kappa shape index (κ2) is 70.9. The molecule has 0 amide bonds. The Morgan fingerprint density at radius 1 is 0.250 bits per heavy atom. The van der Waals surface area contributed by atoms with Crippen LogP contribution in [0.2, 0.25) is 0 Å². The summed E-state index contributed by atoms with van der Waals surface area (Å²) in [4.78, 5) is 0. The van der Waals surface area contributed by atoms with E-state index in [4.69, 9.17) is 0 Å². The van der Waals surface area contributed by atoms with E-state index >= 15 is 0 Å². The maximum absolute atomic E-state index is 2.43. The molecule has 478 valence electrons. The van der Waals surface area contributed by atoms with Crippen molar-refractivity contribution in [3.8, 4) is 0 Å². The Labute approximate surface area is 512 Å². The van der Waals surface area contributed by atoms with E-state index in [1.54, 1.807) is 6.42 Å². The Balaban J connectivity index is -0.000000129. The topological polar surface area (TPSA) is 0 Å². The highest BCUT2D eigenvalue weighted by molar-refractivity contribution is 5.29. The van der Waals surface area contributed by atoms with Gasteiger partial charge in [0, 0.05) is 0 Å². The molecule has 0 nitrogen and oxygen atoms in total. The fourth-order valence-corrected chi connectivity index (χ4v) is 10.4. The van der Waals surface area contributed by atoms with Crippen LogP contribution in [0, 0.1) is 51.4 Å². The third-order valence-electron chi connectivity index (χ3n) is 15.9. The summed E-state index contributed by atoms with van der Waals surface area (Å²) in [5.74, 6) is 4.24. The molecule has 0 saturated heterocycles. The monoisotopic (exact) mass is 1120 g/mol. The quantitative estimate of drug-likeness (QED) is 0.0584. The molecule has 3 aromatic carbocycles. The molecule has 80 heavy (non-hydrogen) atoms. The molecule has 2 saturated carbocycles. The van der Waals surface area contributed by atoms with Crippen LogP contribution in [0.3, 0.4) is 0 Å². The Bertz CT molecular complexity index is 1370. The molecule has 0 heteroatoms. The smallest absolute Gasteiger partial charge is 0.00258 e. The van der Waals surface area contributed by atoms with Gasteiger partial charge in [0.15, 0.2) is 0 Å². The number of hydrogen-bond donors (Lipinski definition) is 0. The average Bonchev–Trinajstić information content (AvgIpc) is 3.40. The van der Waals surface area contributed by atoms with Gasteiger partial charge in [-0.25, -0.2) is 0 Å². The number of hydrogen-bond acceptors (Lipinski definition) is 0. The average molecular weight is 1120 g/mol. The van der Waals surface area contributed by atoms with Gasteiger partial charge in [-0.3, -0.25) is 0 Å². The first-order chi connectivity index (χ1) is 35.5. The van der Waals surface area contributed by atoms with Gasteiger partial charge >= 0.3 is 0 Å². The Morgan fingerprint density at radius 3 is 0.588 bits per heavy atom. The molecule has 0 aromatic heterocycles. The SMILES string of the molecule is C.C.C.C.C.C.C.CC1CCC(CC2CCC(C)CC2)CC1.CCCCCCCCC.CCCCCCCCCCCC.CCCCCCCCCCCCCC.Cc1ccc(C)cc1.Cc1ccc(Cc2ccc(C)cc2)cc1. The number of benzene rings is 3. The maximum Gasteiger partial charge on any atom is -0.00258 e. The van der Waals surface area contributed by atoms with Crippen molar-refractivity contribution in [3.05, 3.63) is 106 Å². The molecule has 0 bridgehead atoms. The van der Waals surface area contributed by atoms with Crippen LogP contribution in [0.25, 0.3) is 0 Å². The highest BCUT2D eigenvalue weighted by Crippen LogP contribution is 2.38. The normalized spacial score (nSPS) is 15.4. The van der Waals surface area contributed by atoms with Gasteiger partial charge in [-0.2, -0.15) is 0 Å². The number of rotatable bonds is 30. The molecule has 0 heterocycles. The molecule has 0 spiro atoms. The van der Waals surface area contributed by atoms with Gasteiger partial charge in [0.2, 0.25) is 0 Å². The fraction of sp³-hybridized carbons (Fsp3) is 0.775. The summed E-state index contributed by atoms with van der Waals surface area (Å²) in [6.45, 7) is 26.9. The minimum absolute atomic E-state index is 0. The molecule has 0 radical (unpaired) electrons. The van der Waals surface area contributed by atoms with Crippen molar-refractivity contribution in [1.82, 2.24) is 0 Å². The van der Waals surface area contributed by atoms with Crippen LogP contribution >= 0.6 is 0 Å². The highest BCUT2D eigenvalue weighted by atomic mass is 14.3. The predicted octanol–water partition coefficient (Wildman–Crippen LogP) is 30.1. The fourth-order valence-electron chi connectivity index (χ4n) is 10.4. The van der Waals surface area contributed by atoms with E-state index in [0.29, 0.717) is 0 Å². The summed E-state index contributed by atoms with van der Waals surface area (Å²) in [5, 5.41) is 0. The molecule has 5 rings (SSSR count). The number of unbranched alkanes of at least 4 members (excludes halogenated alkanes) is 26. The van der Waals surface area contributed by atoms with Crippen molar-refractivity contribution >= 4 is 0 Å². The molecular formula is C80H158. The Kier molecular flexibility index (Phi) is 83.4. The van der Waals surface area contributed by atoms with Gasteiger partial charge in [0.25, 0.3) is 0 Å². The molecule has 0 N–H and O–H groups in total. The van der Waals surface area contributed by atoms with Crippen LogP contribution in [0.1, 0.15) is 385 Å². The van der Waals surface area contributed by atoms with Crippen molar-refractivity contribution in [2.45, 2.75) is 385 Å². The molecule has 0 aliphatic heterocycles. The van der Waals surface area contributed by atoms with E-state index in [-0.39, 0.29) is 52.0 Å². The van der Waals surface area contributed by atoms with Crippen molar-refractivity contribution in [3.63, 3.8) is 0 Å². The van der Waals surface area contributed by atoms with Gasteiger partial charge in [0.05, 0.1) is 0 Å². The van der Waals surface area contributed by atoms with Crippen molar-refractivity contribution in [2.75, 3.05) is 0 Å². The van der Waals surface area contributed by atoms with Gasteiger partial charge < -0.3 is 0 Å². The van der Waals surface area contributed by atoms with E-state index in [2.05, 4.69) is 156 Å². The third-order valence-corrected chi connectivity index (χ3v) is 15.9. The summed E-state index contributed by atoms with van der Waals surface area (Å²) < 4.78 is 0. The standard InChI is InChI=1S/C15H28.C15H16.C14H30.C12H26.C9H20.C8H10.7CH4/c2*1-12-3-7-14(8-4-12)11-15-9-5-13(2)6-10-15;1-3-5-7-9-11-13-14-12-10-8-6-4-2;1-3-5-7-9-11-12-10-8-6-4-2;1-3-5-7-9-8-6-4-2;1-7-3-5-8(2)6-4-7;;;;;;;/h12-15H,3-11H2,1-2H3;3-10H,11H2,1-2H3;3-14H2,1-2H3;3-12H2,1-2H3;3-9H2,1-2H3;3-6H,1-2H3;7*1H4. The largest absolute Gasteiger partial charge is 0.0776 e. The van der Waals surface area contributed by atoms with Gasteiger partial charge in [-0.15, -0.1) is 0 Å². The molecule has 2 aliphatic rings. The summed E-state index contributed by atoms with van der Waals surface area (Å²) >= 11 is 0. The van der Waals surface area contributed by atoms with E-state index in [9.17, 15) is 0 Å². The van der Waals surface area contributed by atoms with Gasteiger partial charge in [-0.05, 0) is 75.3 Å². The minimum atomic E-state index is 0. The zero-order valence-electron chi connectivity index (χ0n) is 51.8. The Hall–Kier alpha value is -2.34. The molecule has 2 aliphatic carbocycles. The lowest BCUT2D eigenvalue weighted by atomic mass is 9.74. The summed E-state index contributed by atoms with van der Waals surface area (Å²) in [7, 11) is 0. The van der Waals surface area contributed by atoms with Crippen LogP contribution in [0.4, 0.5) is 0 Å². The summed E-state index contributed by atoms with van der Waals surface area (Å²) in [6.07, 6.45) is 56.6. The lowest BCUT2D eigenvalue weighted by Gasteiger charge is -2.32. The minimum Gasteiger partial charge on any atom is -0.0776 e. The van der Waals surface area contributed by atoms with Crippen LogP contribution in [0.5, 0.6) is 0 Å². The first-order valence-electron chi connectivity index (χ1n) is 32.7. The number of aryl methyl sites for hydroxylation is 4. The molecule has 3 aromatic rings. The Morgan fingerprint density at radius 2 is 0.412 bits per heavy atom. The molecule has 0 unspecified atom stereocenters. The van der Waals surface area contributed by atoms with Crippen LogP contribution in [0.15, 0.2) is 72.8 Å². The van der Waals surface area contributed by atoms with Crippen LogP contribution < -0.4 is 0 Å². The second-order valence-corrected chi connectivity index (χ2v) is 23.9. The third kappa shape index (κ3) is 63.2. The van der Waals surface area contributed by atoms with E-state index < -0.39 is 0 Å². The second-order valence-electron chi connectivity index (χ2n) is 23.9. The lowest BCUT2D eigenvalue weighted by molar-refractivity contribution is 0.201. The maximum atomic E-state index is 2.43. The first-order valence-corrected chi connectivity index (χ1v) is 32.7. The van der Waals surface area contributed by atoms with Crippen LogP contribution in [-0.4, -0.2) is 0 Å². The summed E-state index contributed by atoms with van der Waals surface area (Å²) in [5.41, 5.74) is 8.06. The van der Waals surface area contributed by atoms with Crippen molar-refractivity contribution < 1.29 is 0 Å².